The third-order valence-electron chi connectivity index (χ3n) is 2.75. The molecule has 0 saturated heterocycles. The second-order valence-electron chi connectivity index (χ2n) is 4.25. The number of benzene rings is 1. The molecule has 0 aliphatic carbocycles. The summed E-state index contributed by atoms with van der Waals surface area (Å²) in [5.74, 6) is 1.57. The van der Waals surface area contributed by atoms with Gasteiger partial charge in [-0.15, -0.1) is 0 Å². The van der Waals surface area contributed by atoms with Gasteiger partial charge in [-0.2, -0.15) is 0 Å². The summed E-state index contributed by atoms with van der Waals surface area (Å²) in [5, 5.41) is 0. The molecule has 1 unspecified atom stereocenters. The second kappa shape index (κ2) is 3.52. The molecule has 0 fully saturated rings. The molecule has 0 spiro atoms. The fraction of sp³-hybridized carbons (Fsp3) is 0.500. The molecule has 1 atom stereocenters. The van der Waals surface area contributed by atoms with Crippen LogP contribution in [0.15, 0.2) is 24.3 Å². The van der Waals surface area contributed by atoms with Crippen LogP contribution in [0.4, 0.5) is 5.69 Å². The fourth-order valence-electron chi connectivity index (χ4n) is 1.79. The highest BCUT2D eigenvalue weighted by Crippen LogP contribution is 2.33. The quantitative estimate of drug-likeness (QED) is 0.676. The first-order valence-corrected chi connectivity index (χ1v) is 5.15. The summed E-state index contributed by atoms with van der Waals surface area (Å²) in [7, 11) is 2.12. The number of hydrogen-bond acceptors (Lipinski definition) is 2. The zero-order valence-corrected chi connectivity index (χ0v) is 9.03. The molecule has 2 rings (SSSR count). The number of anilines is 1. The number of rotatable bonds is 1. The number of hydrogen-bond donors (Lipinski definition) is 0. The molecule has 1 aliphatic rings. The molecular weight excluding hydrogens is 174 g/mol. The van der Waals surface area contributed by atoms with E-state index in [2.05, 4.69) is 31.9 Å². The lowest BCUT2D eigenvalue weighted by atomic mass is 10.0. The molecule has 2 nitrogen and oxygen atoms in total. The molecule has 0 radical (unpaired) electrons. The average molecular weight is 191 g/mol. The number of nitrogens with zero attached hydrogens (tertiary/aromatic N) is 1. The Kier molecular flexibility index (Phi) is 2.36. The van der Waals surface area contributed by atoms with Crippen LogP contribution in [0.2, 0.25) is 0 Å². The van der Waals surface area contributed by atoms with Crippen molar-refractivity contribution in [1.29, 1.82) is 0 Å². The minimum Gasteiger partial charge on any atom is -0.486 e. The Morgan fingerprint density at radius 1 is 1.36 bits per heavy atom. The van der Waals surface area contributed by atoms with Gasteiger partial charge in [0.15, 0.2) is 0 Å². The summed E-state index contributed by atoms with van der Waals surface area (Å²) < 4.78 is 5.92. The van der Waals surface area contributed by atoms with E-state index in [1.165, 1.54) is 5.69 Å². The molecule has 14 heavy (non-hydrogen) atoms. The van der Waals surface area contributed by atoms with Crippen LogP contribution < -0.4 is 9.64 Å². The van der Waals surface area contributed by atoms with Crippen molar-refractivity contribution in [2.75, 3.05) is 18.5 Å². The summed E-state index contributed by atoms with van der Waals surface area (Å²) in [6, 6.07) is 8.22. The van der Waals surface area contributed by atoms with Crippen LogP contribution in [0.3, 0.4) is 0 Å². The minimum absolute atomic E-state index is 0.315. The number of fused-ring (bicyclic) bond motifs is 1. The summed E-state index contributed by atoms with van der Waals surface area (Å²) in [4.78, 5) is 2.27. The Hall–Kier alpha value is -1.18. The summed E-state index contributed by atoms with van der Waals surface area (Å²) in [6.07, 6.45) is 0.315. The largest absolute Gasteiger partial charge is 0.486 e. The van der Waals surface area contributed by atoms with Crippen molar-refractivity contribution in [3.05, 3.63) is 24.3 Å². The lowest BCUT2D eigenvalue weighted by molar-refractivity contribution is 0.148. The molecule has 1 aromatic carbocycles. The van der Waals surface area contributed by atoms with Crippen molar-refractivity contribution >= 4 is 5.69 Å². The van der Waals surface area contributed by atoms with Crippen LogP contribution >= 0.6 is 0 Å². The molecule has 0 N–H and O–H groups in total. The molecule has 1 heterocycles. The van der Waals surface area contributed by atoms with Crippen LogP contribution in [0.1, 0.15) is 13.8 Å². The Morgan fingerprint density at radius 2 is 2.07 bits per heavy atom. The Labute approximate surface area is 85.5 Å². The van der Waals surface area contributed by atoms with Gasteiger partial charge in [-0.05, 0) is 18.1 Å². The van der Waals surface area contributed by atoms with Crippen LogP contribution in [-0.4, -0.2) is 19.7 Å². The molecule has 0 bridgehead atoms. The van der Waals surface area contributed by atoms with Crippen LogP contribution in [0, 0.1) is 5.92 Å². The molecule has 0 amide bonds. The lowest BCUT2D eigenvalue weighted by Gasteiger charge is -2.35. The van der Waals surface area contributed by atoms with E-state index in [0.717, 1.165) is 12.3 Å². The topological polar surface area (TPSA) is 12.5 Å². The van der Waals surface area contributed by atoms with E-state index in [-0.39, 0.29) is 0 Å². The Bertz CT molecular complexity index is 322. The fourth-order valence-corrected chi connectivity index (χ4v) is 1.79. The van der Waals surface area contributed by atoms with Crippen molar-refractivity contribution in [3.63, 3.8) is 0 Å². The van der Waals surface area contributed by atoms with Gasteiger partial charge in [0.2, 0.25) is 0 Å². The molecule has 76 valence electrons. The van der Waals surface area contributed by atoms with Crippen LogP contribution in [0.25, 0.3) is 0 Å². The molecule has 2 heteroatoms. The number of likely N-dealkylation sites (N-methyl/N-ethyl adjacent to an activating group) is 1. The van der Waals surface area contributed by atoms with Gasteiger partial charge in [-0.1, -0.05) is 26.0 Å². The SMILES string of the molecule is CC(C)C1CN(C)c2ccccc2O1. The predicted octanol–water partition coefficient (Wildman–Crippen LogP) is 2.54. The summed E-state index contributed by atoms with van der Waals surface area (Å²) >= 11 is 0. The monoisotopic (exact) mass is 191 g/mol. The van der Waals surface area contributed by atoms with E-state index in [9.17, 15) is 0 Å². The van der Waals surface area contributed by atoms with Gasteiger partial charge in [0.05, 0.1) is 12.2 Å². The zero-order chi connectivity index (χ0) is 10.1. The Balaban J connectivity index is 2.29. The van der Waals surface area contributed by atoms with Crippen LogP contribution in [-0.2, 0) is 0 Å². The molecule has 1 aliphatic heterocycles. The molecule has 0 saturated carbocycles. The normalized spacial score (nSPS) is 20.6. The van der Waals surface area contributed by atoms with Gasteiger partial charge in [0.25, 0.3) is 0 Å². The van der Waals surface area contributed by atoms with Crippen molar-refractivity contribution in [3.8, 4) is 5.75 Å². The Morgan fingerprint density at radius 3 is 2.79 bits per heavy atom. The zero-order valence-electron chi connectivity index (χ0n) is 9.03. The standard InChI is InChI=1S/C12H17NO/c1-9(2)12-8-13(3)10-6-4-5-7-11(10)14-12/h4-7,9,12H,8H2,1-3H3. The van der Waals surface area contributed by atoms with Crippen molar-refractivity contribution in [2.45, 2.75) is 20.0 Å². The maximum absolute atomic E-state index is 5.92. The molecule has 0 aromatic heterocycles. The average Bonchev–Trinajstić information content (AvgIpc) is 2.17. The highest BCUT2D eigenvalue weighted by Gasteiger charge is 2.24. The smallest absolute Gasteiger partial charge is 0.143 e. The van der Waals surface area contributed by atoms with Gasteiger partial charge >= 0.3 is 0 Å². The molecule has 1 aromatic rings. The van der Waals surface area contributed by atoms with E-state index < -0.39 is 0 Å². The maximum Gasteiger partial charge on any atom is 0.143 e. The first-order chi connectivity index (χ1) is 6.68. The van der Waals surface area contributed by atoms with Gasteiger partial charge in [0.1, 0.15) is 11.9 Å². The molecular formula is C12H17NO. The van der Waals surface area contributed by atoms with Gasteiger partial charge < -0.3 is 9.64 Å². The van der Waals surface area contributed by atoms with Crippen molar-refractivity contribution in [1.82, 2.24) is 0 Å². The third-order valence-corrected chi connectivity index (χ3v) is 2.75. The number of para-hydroxylation sites is 2. The second-order valence-corrected chi connectivity index (χ2v) is 4.25. The van der Waals surface area contributed by atoms with E-state index in [4.69, 9.17) is 4.74 Å². The van der Waals surface area contributed by atoms with E-state index in [0.29, 0.717) is 12.0 Å². The van der Waals surface area contributed by atoms with Gasteiger partial charge in [-0.25, -0.2) is 0 Å². The number of ether oxygens (including phenoxy) is 1. The summed E-state index contributed by atoms with van der Waals surface area (Å²) in [6.45, 7) is 5.38. The third kappa shape index (κ3) is 1.57. The van der Waals surface area contributed by atoms with E-state index in [1.54, 1.807) is 0 Å². The van der Waals surface area contributed by atoms with E-state index >= 15 is 0 Å². The lowest BCUT2D eigenvalue weighted by Crippen LogP contribution is -2.40. The van der Waals surface area contributed by atoms with Crippen LogP contribution in [0.5, 0.6) is 5.75 Å². The van der Waals surface area contributed by atoms with E-state index in [1.807, 2.05) is 18.2 Å². The van der Waals surface area contributed by atoms with Gasteiger partial charge in [0, 0.05) is 7.05 Å². The first-order valence-electron chi connectivity index (χ1n) is 5.15. The highest BCUT2D eigenvalue weighted by atomic mass is 16.5. The predicted molar refractivity (Wildman–Crippen MR) is 59.0 cm³/mol. The highest BCUT2D eigenvalue weighted by molar-refractivity contribution is 5.59. The maximum atomic E-state index is 5.92. The van der Waals surface area contributed by atoms with Crippen molar-refractivity contribution < 1.29 is 4.74 Å². The summed E-state index contributed by atoms with van der Waals surface area (Å²) in [5.41, 5.74) is 1.20. The minimum atomic E-state index is 0.315. The van der Waals surface area contributed by atoms with Crippen molar-refractivity contribution in [2.24, 2.45) is 5.92 Å². The first kappa shape index (κ1) is 9.38. The van der Waals surface area contributed by atoms with Gasteiger partial charge in [-0.3, -0.25) is 0 Å².